The number of aromatic carboxylic acids is 2. The van der Waals surface area contributed by atoms with E-state index in [1.54, 1.807) is 12.1 Å². The summed E-state index contributed by atoms with van der Waals surface area (Å²) >= 11 is 0. The van der Waals surface area contributed by atoms with Gasteiger partial charge in [-0.15, -0.1) is 0 Å². The van der Waals surface area contributed by atoms with Crippen molar-refractivity contribution in [3.05, 3.63) is 46.5 Å². The Morgan fingerprint density at radius 1 is 0.618 bits per heavy atom. The third-order valence-corrected chi connectivity index (χ3v) is 5.73. The molecule has 8 nitrogen and oxygen atoms in total. The number of hydrogen-bond donors (Lipinski definition) is 4. The molecule has 2 aromatic carbocycles. The standard InChI is InChI=1S/C26H34N2O6/c1-3-5-7-11-15-27-23(29)19-17-13-9-10-14-18(17)20(25(31)32)22(26(33)34)21(19)24(30)28-16-12-8-6-4-2/h9-10,13-14H,3-8,11-12,15-16H2,1-2H3,(H,27,29)(H,28,30)(H,31,32)(H,33,34). The molecule has 0 saturated heterocycles. The molecule has 2 aromatic rings. The predicted octanol–water partition coefficient (Wildman–Crippen LogP) is 4.86. The van der Waals surface area contributed by atoms with Crippen molar-refractivity contribution < 1.29 is 29.4 Å². The summed E-state index contributed by atoms with van der Waals surface area (Å²) in [5, 5.41) is 25.6. The first-order chi connectivity index (χ1) is 16.3. The minimum absolute atomic E-state index is 0.100. The van der Waals surface area contributed by atoms with Gasteiger partial charge < -0.3 is 20.8 Å². The largest absolute Gasteiger partial charge is 0.478 e. The van der Waals surface area contributed by atoms with Gasteiger partial charge in [-0.25, -0.2) is 9.59 Å². The number of carboxylic acid groups (broad SMARTS) is 2. The van der Waals surface area contributed by atoms with Crippen LogP contribution >= 0.6 is 0 Å². The molecular formula is C26H34N2O6. The Morgan fingerprint density at radius 2 is 1.06 bits per heavy atom. The lowest BCUT2D eigenvalue weighted by Gasteiger charge is -2.18. The summed E-state index contributed by atoms with van der Waals surface area (Å²) in [5.74, 6) is -4.41. The van der Waals surface area contributed by atoms with E-state index in [2.05, 4.69) is 24.5 Å². The monoisotopic (exact) mass is 470 g/mol. The molecule has 184 valence electrons. The maximum Gasteiger partial charge on any atom is 0.337 e. The van der Waals surface area contributed by atoms with Crippen LogP contribution in [-0.2, 0) is 0 Å². The number of hydrogen-bond acceptors (Lipinski definition) is 4. The number of fused-ring (bicyclic) bond motifs is 1. The zero-order valence-electron chi connectivity index (χ0n) is 19.9. The van der Waals surface area contributed by atoms with Crippen LogP contribution in [0.5, 0.6) is 0 Å². The van der Waals surface area contributed by atoms with Crippen molar-refractivity contribution in [2.24, 2.45) is 0 Å². The van der Waals surface area contributed by atoms with Gasteiger partial charge in [0, 0.05) is 13.1 Å². The van der Waals surface area contributed by atoms with Gasteiger partial charge in [-0.2, -0.15) is 0 Å². The zero-order valence-corrected chi connectivity index (χ0v) is 19.9. The Hall–Kier alpha value is -3.42. The molecule has 0 radical (unpaired) electrons. The van der Waals surface area contributed by atoms with Crippen molar-refractivity contribution in [1.82, 2.24) is 10.6 Å². The van der Waals surface area contributed by atoms with E-state index < -0.39 is 40.4 Å². The maximum atomic E-state index is 13.3. The molecule has 34 heavy (non-hydrogen) atoms. The second-order valence-corrected chi connectivity index (χ2v) is 8.29. The topological polar surface area (TPSA) is 133 Å². The molecular weight excluding hydrogens is 436 g/mol. The number of unbranched alkanes of at least 4 members (excludes halogenated alkanes) is 6. The van der Waals surface area contributed by atoms with Crippen LogP contribution < -0.4 is 10.6 Å². The molecule has 2 rings (SSSR count). The summed E-state index contributed by atoms with van der Waals surface area (Å²) in [7, 11) is 0. The van der Waals surface area contributed by atoms with Crippen LogP contribution in [0.1, 0.15) is 107 Å². The Bertz CT molecular complexity index is 1050. The molecule has 0 atom stereocenters. The molecule has 0 heterocycles. The molecule has 0 unspecified atom stereocenters. The molecule has 0 aliphatic rings. The SMILES string of the molecule is CCCCCCNC(=O)c1c(C(=O)O)c(C(=O)O)c2ccccc2c1C(=O)NCCCCCC. The van der Waals surface area contributed by atoms with Gasteiger partial charge in [-0.05, 0) is 23.6 Å². The number of carbonyl (C=O) groups excluding carboxylic acids is 2. The summed E-state index contributed by atoms with van der Waals surface area (Å²) in [5.41, 5.74) is -1.70. The lowest BCUT2D eigenvalue weighted by atomic mass is 9.87. The van der Waals surface area contributed by atoms with E-state index in [4.69, 9.17) is 0 Å². The maximum absolute atomic E-state index is 13.3. The summed E-state index contributed by atoms with van der Waals surface area (Å²) in [6.07, 6.45) is 7.36. The third-order valence-electron chi connectivity index (χ3n) is 5.73. The molecule has 0 aromatic heterocycles. The van der Waals surface area contributed by atoms with Crippen molar-refractivity contribution >= 4 is 34.5 Å². The second kappa shape index (κ2) is 13.3. The average Bonchev–Trinajstić information content (AvgIpc) is 2.81. The van der Waals surface area contributed by atoms with E-state index in [-0.39, 0.29) is 16.3 Å². The highest BCUT2D eigenvalue weighted by atomic mass is 16.4. The van der Waals surface area contributed by atoms with Crippen molar-refractivity contribution in [2.75, 3.05) is 13.1 Å². The van der Waals surface area contributed by atoms with Crippen molar-refractivity contribution in [3.8, 4) is 0 Å². The summed E-state index contributed by atoms with van der Waals surface area (Å²) in [6, 6.07) is 6.19. The Kier molecular flexibility index (Phi) is 10.5. The summed E-state index contributed by atoms with van der Waals surface area (Å²) < 4.78 is 0. The average molecular weight is 471 g/mol. The molecule has 0 aliphatic heterocycles. The van der Waals surface area contributed by atoms with E-state index in [1.165, 1.54) is 12.1 Å². The molecule has 0 saturated carbocycles. The van der Waals surface area contributed by atoms with Gasteiger partial charge in [-0.1, -0.05) is 76.6 Å². The fourth-order valence-electron chi connectivity index (χ4n) is 4.02. The second-order valence-electron chi connectivity index (χ2n) is 8.29. The molecule has 0 aliphatic carbocycles. The first kappa shape index (κ1) is 26.8. The van der Waals surface area contributed by atoms with Gasteiger partial charge in [0.05, 0.1) is 22.3 Å². The Balaban J connectivity index is 2.60. The van der Waals surface area contributed by atoms with Crippen LogP contribution in [0.25, 0.3) is 10.8 Å². The van der Waals surface area contributed by atoms with Crippen molar-refractivity contribution in [3.63, 3.8) is 0 Å². The van der Waals surface area contributed by atoms with E-state index in [0.717, 1.165) is 44.9 Å². The first-order valence-corrected chi connectivity index (χ1v) is 12.0. The van der Waals surface area contributed by atoms with Gasteiger partial charge in [0.1, 0.15) is 0 Å². The Labute approximate surface area is 199 Å². The number of nitrogens with one attached hydrogen (secondary N) is 2. The molecule has 0 fully saturated rings. The van der Waals surface area contributed by atoms with Crippen molar-refractivity contribution in [2.45, 2.75) is 65.2 Å². The quantitative estimate of drug-likeness (QED) is 0.292. The first-order valence-electron chi connectivity index (χ1n) is 12.0. The van der Waals surface area contributed by atoms with Gasteiger partial charge in [0.25, 0.3) is 11.8 Å². The van der Waals surface area contributed by atoms with Crippen LogP contribution in [0.15, 0.2) is 24.3 Å². The summed E-state index contributed by atoms with van der Waals surface area (Å²) in [4.78, 5) is 50.8. The van der Waals surface area contributed by atoms with Crippen LogP contribution in [0.3, 0.4) is 0 Å². The van der Waals surface area contributed by atoms with E-state index in [0.29, 0.717) is 19.5 Å². The van der Waals surface area contributed by atoms with E-state index in [9.17, 15) is 29.4 Å². The van der Waals surface area contributed by atoms with Crippen LogP contribution in [0, 0.1) is 0 Å². The lowest BCUT2D eigenvalue weighted by molar-refractivity contribution is 0.0650. The number of carbonyl (C=O) groups is 4. The molecule has 8 heteroatoms. The highest BCUT2D eigenvalue weighted by Crippen LogP contribution is 2.31. The predicted molar refractivity (Wildman–Crippen MR) is 131 cm³/mol. The fraction of sp³-hybridized carbons (Fsp3) is 0.462. The molecule has 0 spiro atoms. The van der Waals surface area contributed by atoms with Gasteiger partial charge >= 0.3 is 11.9 Å². The third kappa shape index (κ3) is 6.56. The minimum atomic E-state index is -1.57. The lowest BCUT2D eigenvalue weighted by Crippen LogP contribution is -2.33. The van der Waals surface area contributed by atoms with Gasteiger partial charge in [-0.3, -0.25) is 9.59 Å². The summed E-state index contributed by atoms with van der Waals surface area (Å²) in [6.45, 7) is 4.81. The van der Waals surface area contributed by atoms with E-state index >= 15 is 0 Å². The highest BCUT2D eigenvalue weighted by molar-refractivity contribution is 6.25. The number of rotatable bonds is 14. The minimum Gasteiger partial charge on any atom is -0.478 e. The molecule has 4 N–H and O–H groups in total. The smallest absolute Gasteiger partial charge is 0.337 e. The van der Waals surface area contributed by atoms with Crippen LogP contribution in [-0.4, -0.2) is 47.1 Å². The van der Waals surface area contributed by atoms with Crippen LogP contribution in [0.4, 0.5) is 0 Å². The highest BCUT2D eigenvalue weighted by Gasteiger charge is 2.33. The van der Waals surface area contributed by atoms with E-state index in [1.807, 2.05) is 0 Å². The fourth-order valence-corrected chi connectivity index (χ4v) is 4.02. The Morgan fingerprint density at radius 3 is 1.50 bits per heavy atom. The van der Waals surface area contributed by atoms with Crippen molar-refractivity contribution in [1.29, 1.82) is 0 Å². The number of benzene rings is 2. The number of carboxylic acids is 2. The number of amides is 2. The zero-order chi connectivity index (χ0) is 25.1. The molecule has 2 amide bonds. The molecule has 0 bridgehead atoms. The van der Waals surface area contributed by atoms with Gasteiger partial charge in [0.2, 0.25) is 0 Å². The van der Waals surface area contributed by atoms with Gasteiger partial charge in [0.15, 0.2) is 0 Å². The van der Waals surface area contributed by atoms with Crippen LogP contribution in [0.2, 0.25) is 0 Å². The normalized spacial score (nSPS) is 10.8.